The Hall–Kier alpha value is -1.89. The van der Waals surface area contributed by atoms with Gasteiger partial charge in [-0.05, 0) is 18.8 Å². The van der Waals surface area contributed by atoms with Crippen LogP contribution in [-0.4, -0.2) is 20.9 Å². The number of thiazole rings is 1. The molecule has 0 fully saturated rings. The van der Waals surface area contributed by atoms with Crippen molar-refractivity contribution in [2.45, 2.75) is 13.8 Å². The SMILES string of the molecule is CC(C)=CCNc1nc2sccn2c1[N+](=O)[O-]. The van der Waals surface area contributed by atoms with Crippen LogP contribution in [0.15, 0.2) is 23.2 Å². The first-order valence-corrected chi connectivity index (χ1v) is 5.94. The molecule has 0 spiro atoms. The highest BCUT2D eigenvalue weighted by Crippen LogP contribution is 2.27. The highest BCUT2D eigenvalue weighted by molar-refractivity contribution is 7.15. The third kappa shape index (κ3) is 2.28. The largest absolute Gasteiger partial charge is 0.372 e. The summed E-state index contributed by atoms with van der Waals surface area (Å²) in [5, 5.41) is 15.7. The molecule has 2 heterocycles. The maximum absolute atomic E-state index is 11.0. The first-order valence-electron chi connectivity index (χ1n) is 5.07. The Morgan fingerprint density at radius 1 is 1.71 bits per heavy atom. The Morgan fingerprint density at radius 3 is 3.12 bits per heavy atom. The molecule has 2 aromatic rings. The van der Waals surface area contributed by atoms with Crippen LogP contribution in [0, 0.1) is 10.1 Å². The molecule has 7 heteroatoms. The minimum Gasteiger partial charge on any atom is -0.359 e. The molecule has 0 radical (unpaired) electrons. The van der Waals surface area contributed by atoms with E-state index < -0.39 is 4.92 Å². The van der Waals surface area contributed by atoms with Gasteiger partial charge < -0.3 is 15.4 Å². The maximum Gasteiger partial charge on any atom is 0.372 e. The van der Waals surface area contributed by atoms with Crippen molar-refractivity contribution in [2.75, 3.05) is 11.9 Å². The van der Waals surface area contributed by atoms with Gasteiger partial charge in [-0.2, -0.15) is 9.38 Å². The van der Waals surface area contributed by atoms with Gasteiger partial charge in [0.2, 0.25) is 5.82 Å². The highest BCUT2D eigenvalue weighted by Gasteiger charge is 2.22. The molecule has 0 atom stereocenters. The number of hydrogen-bond acceptors (Lipinski definition) is 5. The van der Waals surface area contributed by atoms with Gasteiger partial charge in [-0.1, -0.05) is 23.0 Å². The molecular weight excluding hydrogens is 240 g/mol. The Balaban J connectivity index is 2.32. The fraction of sp³-hybridized carbons (Fsp3) is 0.300. The summed E-state index contributed by atoms with van der Waals surface area (Å²) in [6.07, 6.45) is 3.61. The van der Waals surface area contributed by atoms with Crippen molar-refractivity contribution in [1.29, 1.82) is 0 Å². The minimum atomic E-state index is -0.419. The molecule has 0 amide bonds. The normalized spacial score (nSPS) is 10.5. The molecule has 17 heavy (non-hydrogen) atoms. The third-order valence-corrected chi connectivity index (χ3v) is 2.95. The van der Waals surface area contributed by atoms with Gasteiger partial charge in [0.25, 0.3) is 4.96 Å². The molecule has 1 N–H and O–H groups in total. The summed E-state index contributed by atoms with van der Waals surface area (Å²) in [5.41, 5.74) is 1.15. The van der Waals surface area contributed by atoms with Crippen molar-refractivity contribution in [3.63, 3.8) is 0 Å². The van der Waals surface area contributed by atoms with E-state index in [2.05, 4.69) is 10.3 Å². The van der Waals surface area contributed by atoms with Gasteiger partial charge in [0.05, 0.1) is 0 Å². The average Bonchev–Trinajstić information content (AvgIpc) is 2.75. The van der Waals surface area contributed by atoms with Crippen molar-refractivity contribution in [3.05, 3.63) is 33.3 Å². The summed E-state index contributed by atoms with van der Waals surface area (Å²) < 4.78 is 1.48. The number of hydrogen-bond donors (Lipinski definition) is 1. The number of nitrogens with zero attached hydrogens (tertiary/aromatic N) is 3. The van der Waals surface area contributed by atoms with E-state index in [1.807, 2.05) is 19.9 Å². The summed E-state index contributed by atoms with van der Waals surface area (Å²) in [7, 11) is 0. The van der Waals surface area contributed by atoms with E-state index in [0.717, 1.165) is 5.57 Å². The van der Waals surface area contributed by atoms with Gasteiger partial charge in [0, 0.05) is 11.9 Å². The predicted molar refractivity (Wildman–Crippen MR) is 67.6 cm³/mol. The molecule has 6 nitrogen and oxygen atoms in total. The number of nitro groups is 1. The van der Waals surface area contributed by atoms with E-state index in [-0.39, 0.29) is 5.82 Å². The van der Waals surface area contributed by atoms with E-state index in [1.165, 1.54) is 15.7 Å². The quantitative estimate of drug-likeness (QED) is 0.516. The Labute approximate surface area is 102 Å². The highest BCUT2D eigenvalue weighted by atomic mass is 32.1. The second-order valence-corrected chi connectivity index (χ2v) is 4.63. The van der Waals surface area contributed by atoms with E-state index in [0.29, 0.717) is 17.3 Å². The van der Waals surface area contributed by atoms with Crippen LogP contribution in [0.25, 0.3) is 4.96 Å². The van der Waals surface area contributed by atoms with Gasteiger partial charge in [-0.3, -0.25) is 0 Å². The third-order valence-electron chi connectivity index (χ3n) is 2.19. The van der Waals surface area contributed by atoms with Crippen LogP contribution < -0.4 is 5.32 Å². The number of aromatic nitrogens is 2. The summed E-state index contributed by atoms with van der Waals surface area (Å²) in [5.74, 6) is 0.308. The lowest BCUT2D eigenvalue weighted by atomic mass is 10.3. The fourth-order valence-corrected chi connectivity index (χ4v) is 2.13. The molecule has 0 unspecified atom stereocenters. The Morgan fingerprint density at radius 2 is 2.47 bits per heavy atom. The topological polar surface area (TPSA) is 72.5 Å². The number of fused-ring (bicyclic) bond motifs is 1. The number of rotatable bonds is 4. The van der Waals surface area contributed by atoms with Gasteiger partial charge >= 0.3 is 5.82 Å². The number of allylic oxidation sites excluding steroid dienone is 1. The number of imidazole rings is 1. The molecule has 0 saturated carbocycles. The van der Waals surface area contributed by atoms with Crippen molar-refractivity contribution in [3.8, 4) is 0 Å². The minimum absolute atomic E-state index is 0.0107. The van der Waals surface area contributed by atoms with E-state index in [1.54, 1.807) is 11.6 Å². The molecule has 0 bridgehead atoms. The second-order valence-electron chi connectivity index (χ2n) is 3.76. The lowest BCUT2D eigenvalue weighted by Crippen LogP contribution is -2.03. The van der Waals surface area contributed by atoms with Crippen molar-refractivity contribution in [2.24, 2.45) is 0 Å². The second kappa shape index (κ2) is 4.54. The van der Waals surface area contributed by atoms with Gasteiger partial charge in [0.1, 0.15) is 6.20 Å². The van der Waals surface area contributed by atoms with Gasteiger partial charge in [-0.15, -0.1) is 0 Å². The van der Waals surface area contributed by atoms with Crippen LogP contribution in [-0.2, 0) is 0 Å². The molecule has 0 aliphatic carbocycles. The molecule has 0 saturated heterocycles. The lowest BCUT2D eigenvalue weighted by molar-refractivity contribution is -0.389. The first-order chi connectivity index (χ1) is 8.09. The molecule has 0 aliphatic rings. The van der Waals surface area contributed by atoms with Crippen LogP contribution in [0.3, 0.4) is 0 Å². The van der Waals surface area contributed by atoms with Gasteiger partial charge in [0.15, 0.2) is 0 Å². The standard InChI is InChI=1S/C10H12N4O2S/c1-7(2)3-4-11-8-9(14(15)16)13-5-6-17-10(13)12-8/h3,5-6,11H,4H2,1-2H3. The van der Waals surface area contributed by atoms with Crippen LogP contribution in [0.2, 0.25) is 0 Å². The van der Waals surface area contributed by atoms with Crippen LogP contribution in [0.4, 0.5) is 11.6 Å². The zero-order valence-corrected chi connectivity index (χ0v) is 10.3. The molecule has 0 aliphatic heterocycles. The smallest absolute Gasteiger partial charge is 0.359 e. The van der Waals surface area contributed by atoms with Crippen LogP contribution in [0.1, 0.15) is 13.8 Å². The van der Waals surface area contributed by atoms with Gasteiger partial charge in [-0.25, -0.2) is 0 Å². The monoisotopic (exact) mass is 252 g/mol. The lowest BCUT2D eigenvalue weighted by Gasteiger charge is -1.99. The summed E-state index contributed by atoms with van der Waals surface area (Å²) in [6.45, 7) is 4.48. The molecule has 2 rings (SSSR count). The summed E-state index contributed by atoms with van der Waals surface area (Å²) in [6, 6.07) is 0. The van der Waals surface area contributed by atoms with Crippen LogP contribution in [0.5, 0.6) is 0 Å². The van der Waals surface area contributed by atoms with E-state index >= 15 is 0 Å². The van der Waals surface area contributed by atoms with Crippen molar-refractivity contribution in [1.82, 2.24) is 9.38 Å². The number of nitrogens with one attached hydrogen (secondary N) is 1. The van der Waals surface area contributed by atoms with E-state index in [9.17, 15) is 10.1 Å². The van der Waals surface area contributed by atoms with E-state index in [4.69, 9.17) is 0 Å². The Bertz CT molecular complexity index is 580. The number of anilines is 1. The van der Waals surface area contributed by atoms with Crippen molar-refractivity contribution < 1.29 is 4.92 Å². The summed E-state index contributed by atoms with van der Waals surface area (Å²) in [4.78, 5) is 15.4. The summed E-state index contributed by atoms with van der Waals surface area (Å²) >= 11 is 1.37. The zero-order chi connectivity index (χ0) is 12.4. The van der Waals surface area contributed by atoms with Crippen molar-refractivity contribution >= 4 is 27.9 Å². The molecular formula is C10H12N4O2S. The maximum atomic E-state index is 11.0. The predicted octanol–water partition coefficient (Wildman–Crippen LogP) is 2.68. The molecule has 0 aromatic carbocycles. The Kier molecular flexibility index (Phi) is 3.10. The van der Waals surface area contributed by atoms with Crippen LogP contribution >= 0.6 is 11.3 Å². The zero-order valence-electron chi connectivity index (χ0n) is 9.51. The first kappa shape index (κ1) is 11.6. The fourth-order valence-electron chi connectivity index (χ4n) is 1.42. The molecule has 90 valence electrons. The molecule has 2 aromatic heterocycles. The average molecular weight is 252 g/mol.